The highest BCUT2D eigenvalue weighted by atomic mass is 32.2. The minimum atomic E-state index is -3.48. The Kier molecular flexibility index (Phi) is 8.33. The van der Waals surface area contributed by atoms with E-state index in [4.69, 9.17) is 0 Å². The number of amides is 3. The van der Waals surface area contributed by atoms with Crippen LogP contribution in [0, 0.1) is 0 Å². The SMILES string of the molecule is CCN(CC)S(=O)(=O)c1ccc(CCC(=O)NCCCN2C(=O)CCC2=O)cc1. The molecule has 160 valence electrons. The highest BCUT2D eigenvalue weighted by Gasteiger charge is 2.27. The fourth-order valence-corrected chi connectivity index (χ4v) is 4.68. The fraction of sp³-hybridized carbons (Fsp3) is 0.550. The van der Waals surface area contributed by atoms with Gasteiger partial charge in [0.1, 0.15) is 0 Å². The summed E-state index contributed by atoms with van der Waals surface area (Å²) in [6, 6.07) is 6.61. The molecule has 1 N–H and O–H groups in total. The third kappa shape index (κ3) is 6.11. The number of benzene rings is 1. The predicted octanol–water partition coefficient (Wildman–Crippen LogP) is 1.31. The normalized spacial score (nSPS) is 14.7. The summed E-state index contributed by atoms with van der Waals surface area (Å²) >= 11 is 0. The molecule has 0 aromatic heterocycles. The number of imide groups is 1. The smallest absolute Gasteiger partial charge is 0.243 e. The maximum absolute atomic E-state index is 12.5. The summed E-state index contributed by atoms with van der Waals surface area (Å²) in [6.45, 7) is 5.17. The molecule has 0 atom stereocenters. The topological polar surface area (TPSA) is 104 Å². The molecule has 8 nitrogen and oxygen atoms in total. The van der Waals surface area contributed by atoms with Crippen LogP contribution >= 0.6 is 0 Å². The largest absolute Gasteiger partial charge is 0.356 e. The van der Waals surface area contributed by atoms with Crippen molar-refractivity contribution >= 4 is 27.7 Å². The second-order valence-electron chi connectivity index (χ2n) is 6.88. The zero-order chi connectivity index (χ0) is 21.4. The monoisotopic (exact) mass is 423 g/mol. The molecule has 2 rings (SSSR count). The molecule has 0 unspecified atom stereocenters. The molecule has 0 bridgehead atoms. The number of rotatable bonds is 11. The average Bonchev–Trinajstić information content (AvgIpc) is 3.02. The van der Waals surface area contributed by atoms with Gasteiger partial charge in [-0.25, -0.2) is 8.42 Å². The summed E-state index contributed by atoms with van der Waals surface area (Å²) in [5, 5.41) is 2.78. The minimum Gasteiger partial charge on any atom is -0.356 e. The van der Waals surface area contributed by atoms with Gasteiger partial charge in [0.05, 0.1) is 4.90 Å². The molecule has 0 spiro atoms. The molecule has 1 aromatic carbocycles. The quantitative estimate of drug-likeness (QED) is 0.427. The number of likely N-dealkylation sites (tertiary alicyclic amines) is 1. The van der Waals surface area contributed by atoms with E-state index in [1.54, 1.807) is 38.1 Å². The molecule has 0 saturated carbocycles. The van der Waals surface area contributed by atoms with Gasteiger partial charge in [-0.1, -0.05) is 26.0 Å². The Labute approximate surface area is 172 Å². The van der Waals surface area contributed by atoms with E-state index >= 15 is 0 Å². The van der Waals surface area contributed by atoms with E-state index in [2.05, 4.69) is 5.32 Å². The lowest BCUT2D eigenvalue weighted by molar-refractivity contribution is -0.138. The van der Waals surface area contributed by atoms with E-state index in [0.717, 1.165) is 5.56 Å². The van der Waals surface area contributed by atoms with Gasteiger partial charge < -0.3 is 5.32 Å². The molecule has 1 aliphatic heterocycles. The first-order valence-corrected chi connectivity index (χ1v) is 11.4. The van der Waals surface area contributed by atoms with Crippen LogP contribution in [0.2, 0.25) is 0 Å². The van der Waals surface area contributed by atoms with Gasteiger partial charge in [0, 0.05) is 45.4 Å². The van der Waals surface area contributed by atoms with Gasteiger partial charge in [0.2, 0.25) is 27.7 Å². The predicted molar refractivity (Wildman–Crippen MR) is 108 cm³/mol. The van der Waals surface area contributed by atoms with Crippen LogP contribution in [0.25, 0.3) is 0 Å². The van der Waals surface area contributed by atoms with Crippen molar-refractivity contribution in [3.8, 4) is 0 Å². The maximum atomic E-state index is 12.5. The molecule has 3 amide bonds. The Morgan fingerprint density at radius 1 is 1.07 bits per heavy atom. The third-order valence-electron chi connectivity index (χ3n) is 4.94. The summed E-state index contributed by atoms with van der Waals surface area (Å²) in [7, 11) is -3.48. The van der Waals surface area contributed by atoms with Crippen molar-refractivity contribution in [3.05, 3.63) is 29.8 Å². The van der Waals surface area contributed by atoms with Gasteiger partial charge in [-0.2, -0.15) is 4.31 Å². The fourth-order valence-electron chi connectivity index (χ4n) is 3.22. The third-order valence-corrected chi connectivity index (χ3v) is 7.01. The molecule has 9 heteroatoms. The molecular weight excluding hydrogens is 394 g/mol. The number of sulfonamides is 1. The van der Waals surface area contributed by atoms with Gasteiger partial charge in [0.25, 0.3) is 0 Å². The average molecular weight is 424 g/mol. The molecule has 1 fully saturated rings. The molecule has 29 heavy (non-hydrogen) atoms. The van der Waals surface area contributed by atoms with E-state index in [-0.39, 0.29) is 41.9 Å². The first-order valence-electron chi connectivity index (χ1n) is 9.98. The van der Waals surface area contributed by atoms with Crippen LogP contribution in [0.3, 0.4) is 0 Å². The van der Waals surface area contributed by atoms with E-state index in [1.165, 1.54) is 9.21 Å². The lowest BCUT2D eigenvalue weighted by Crippen LogP contribution is -2.33. The molecule has 0 aliphatic carbocycles. The van der Waals surface area contributed by atoms with Crippen LogP contribution in [0.1, 0.15) is 45.1 Å². The number of nitrogens with zero attached hydrogens (tertiary/aromatic N) is 2. The van der Waals surface area contributed by atoms with Crippen molar-refractivity contribution in [1.82, 2.24) is 14.5 Å². The number of aryl methyl sites for hydroxylation is 1. The van der Waals surface area contributed by atoms with Crippen molar-refractivity contribution < 1.29 is 22.8 Å². The van der Waals surface area contributed by atoms with Gasteiger partial charge in [-0.3, -0.25) is 19.3 Å². The second-order valence-corrected chi connectivity index (χ2v) is 8.81. The molecule has 0 radical (unpaired) electrons. The maximum Gasteiger partial charge on any atom is 0.243 e. The second kappa shape index (κ2) is 10.5. The molecule has 1 saturated heterocycles. The number of nitrogens with one attached hydrogen (secondary N) is 1. The van der Waals surface area contributed by atoms with Crippen LogP contribution in [0.4, 0.5) is 0 Å². The Morgan fingerprint density at radius 3 is 2.21 bits per heavy atom. The summed E-state index contributed by atoms with van der Waals surface area (Å²) in [6.07, 6.45) is 1.87. The number of hydrogen-bond acceptors (Lipinski definition) is 5. The summed E-state index contributed by atoms with van der Waals surface area (Å²) in [5.74, 6) is -0.413. The van der Waals surface area contributed by atoms with Crippen LogP contribution in [-0.4, -0.2) is 61.5 Å². The molecule has 1 aliphatic rings. The van der Waals surface area contributed by atoms with Crippen LogP contribution in [0.5, 0.6) is 0 Å². The highest BCUT2D eigenvalue weighted by Crippen LogP contribution is 2.17. The zero-order valence-electron chi connectivity index (χ0n) is 17.0. The van der Waals surface area contributed by atoms with E-state index in [0.29, 0.717) is 39.0 Å². The zero-order valence-corrected chi connectivity index (χ0v) is 17.8. The highest BCUT2D eigenvalue weighted by molar-refractivity contribution is 7.89. The first-order chi connectivity index (χ1) is 13.8. The first kappa shape index (κ1) is 23.0. The van der Waals surface area contributed by atoms with Gasteiger partial charge in [-0.15, -0.1) is 0 Å². The van der Waals surface area contributed by atoms with Crippen molar-refractivity contribution in [3.63, 3.8) is 0 Å². The molecule has 1 aromatic rings. The molecule has 1 heterocycles. The Hall–Kier alpha value is -2.26. The van der Waals surface area contributed by atoms with Crippen molar-refractivity contribution in [1.29, 1.82) is 0 Å². The van der Waals surface area contributed by atoms with Gasteiger partial charge in [0.15, 0.2) is 0 Å². The Morgan fingerprint density at radius 2 is 1.66 bits per heavy atom. The van der Waals surface area contributed by atoms with E-state index in [9.17, 15) is 22.8 Å². The van der Waals surface area contributed by atoms with Gasteiger partial charge in [-0.05, 0) is 30.5 Å². The lowest BCUT2D eigenvalue weighted by Gasteiger charge is -2.18. The number of hydrogen-bond donors (Lipinski definition) is 1. The Balaban J connectivity index is 1.74. The van der Waals surface area contributed by atoms with E-state index < -0.39 is 10.0 Å². The van der Waals surface area contributed by atoms with Crippen molar-refractivity contribution in [2.24, 2.45) is 0 Å². The standard InChI is InChI=1S/C20H29N3O5S/c1-3-22(4-2)29(27,28)17-9-6-16(7-10-17)8-11-18(24)21-14-5-15-23-19(25)12-13-20(23)26/h6-7,9-10H,3-5,8,11-15H2,1-2H3,(H,21,24). The summed E-state index contributed by atoms with van der Waals surface area (Å²) in [4.78, 5) is 36.5. The van der Waals surface area contributed by atoms with E-state index in [1.807, 2.05) is 0 Å². The minimum absolute atomic E-state index is 0.121. The summed E-state index contributed by atoms with van der Waals surface area (Å²) < 4.78 is 26.3. The van der Waals surface area contributed by atoms with Crippen LogP contribution in [-0.2, 0) is 30.8 Å². The number of carbonyl (C=O) groups is 3. The Bertz CT molecular complexity index is 816. The lowest BCUT2D eigenvalue weighted by atomic mass is 10.1. The van der Waals surface area contributed by atoms with Crippen LogP contribution < -0.4 is 5.32 Å². The summed E-state index contributed by atoms with van der Waals surface area (Å²) in [5.41, 5.74) is 0.881. The van der Waals surface area contributed by atoms with Gasteiger partial charge >= 0.3 is 0 Å². The molecular formula is C20H29N3O5S. The van der Waals surface area contributed by atoms with Crippen molar-refractivity contribution in [2.75, 3.05) is 26.2 Å². The van der Waals surface area contributed by atoms with Crippen LogP contribution in [0.15, 0.2) is 29.2 Å². The van der Waals surface area contributed by atoms with Crippen molar-refractivity contribution in [2.45, 2.75) is 50.8 Å². The number of carbonyl (C=O) groups excluding carboxylic acids is 3.